The van der Waals surface area contributed by atoms with Crippen LogP contribution in [0.4, 0.5) is 18.9 Å². The zero-order valence-corrected chi connectivity index (χ0v) is 12.5. The van der Waals surface area contributed by atoms with Gasteiger partial charge in [-0.2, -0.15) is 18.3 Å². The number of hydrogen-bond donors (Lipinski definition) is 1. The molecule has 1 atom stereocenters. The standard InChI is InChI=1S/C14H17F3N4O/c1-9-4-13(22-3)11(14(15,16)17)5-12(9)20-10(2)6-21-8-18-7-19-21/h4-5,7-8,10,20H,6H2,1-3H3/t10-/m1/s1. The van der Waals surface area contributed by atoms with Gasteiger partial charge in [0.25, 0.3) is 0 Å². The van der Waals surface area contributed by atoms with Crippen molar-refractivity contribution in [3.63, 3.8) is 0 Å². The summed E-state index contributed by atoms with van der Waals surface area (Å²) in [5.41, 5.74) is 0.298. The first kappa shape index (κ1) is 16.1. The minimum absolute atomic E-state index is 0.116. The Labute approximate surface area is 126 Å². The van der Waals surface area contributed by atoms with Gasteiger partial charge in [-0.15, -0.1) is 0 Å². The Balaban J connectivity index is 2.23. The lowest BCUT2D eigenvalue weighted by Crippen LogP contribution is -2.23. The van der Waals surface area contributed by atoms with Crippen LogP contribution in [0.2, 0.25) is 0 Å². The molecular formula is C14H17F3N4O. The fraction of sp³-hybridized carbons (Fsp3) is 0.429. The molecule has 0 aliphatic rings. The van der Waals surface area contributed by atoms with Gasteiger partial charge in [0.2, 0.25) is 0 Å². The van der Waals surface area contributed by atoms with Gasteiger partial charge in [0.1, 0.15) is 18.4 Å². The van der Waals surface area contributed by atoms with Crippen LogP contribution >= 0.6 is 0 Å². The molecule has 0 saturated carbocycles. The van der Waals surface area contributed by atoms with Crippen molar-refractivity contribution in [2.75, 3.05) is 12.4 Å². The molecule has 0 bridgehead atoms. The second-order valence-corrected chi connectivity index (χ2v) is 5.03. The summed E-state index contributed by atoms with van der Waals surface area (Å²) in [5.74, 6) is -0.181. The van der Waals surface area contributed by atoms with Crippen LogP contribution < -0.4 is 10.1 Å². The molecule has 0 unspecified atom stereocenters. The highest BCUT2D eigenvalue weighted by Crippen LogP contribution is 2.39. The Hall–Kier alpha value is -2.25. The number of nitrogens with one attached hydrogen (secondary N) is 1. The molecule has 0 aliphatic heterocycles. The Kier molecular flexibility index (Phi) is 4.58. The molecule has 22 heavy (non-hydrogen) atoms. The molecular weight excluding hydrogens is 297 g/mol. The van der Waals surface area contributed by atoms with E-state index >= 15 is 0 Å². The van der Waals surface area contributed by atoms with Crippen LogP contribution in [0, 0.1) is 6.92 Å². The van der Waals surface area contributed by atoms with Crippen LogP contribution in [0.25, 0.3) is 0 Å². The second kappa shape index (κ2) is 6.25. The maximum atomic E-state index is 13.1. The zero-order chi connectivity index (χ0) is 16.3. The van der Waals surface area contributed by atoms with Crippen LogP contribution in [-0.2, 0) is 12.7 Å². The lowest BCUT2D eigenvalue weighted by atomic mass is 10.1. The number of halogens is 3. The van der Waals surface area contributed by atoms with Crippen LogP contribution in [0.1, 0.15) is 18.1 Å². The first-order chi connectivity index (χ1) is 10.3. The Morgan fingerprint density at radius 2 is 2.09 bits per heavy atom. The zero-order valence-electron chi connectivity index (χ0n) is 12.5. The minimum Gasteiger partial charge on any atom is -0.496 e. The number of hydrogen-bond acceptors (Lipinski definition) is 4. The van der Waals surface area contributed by atoms with E-state index in [0.29, 0.717) is 17.8 Å². The van der Waals surface area contributed by atoms with Gasteiger partial charge in [-0.05, 0) is 31.5 Å². The number of ether oxygens (including phenoxy) is 1. The van der Waals surface area contributed by atoms with E-state index in [9.17, 15) is 13.2 Å². The van der Waals surface area contributed by atoms with E-state index in [-0.39, 0.29) is 11.8 Å². The van der Waals surface area contributed by atoms with Crippen molar-refractivity contribution in [1.82, 2.24) is 14.8 Å². The fourth-order valence-corrected chi connectivity index (χ4v) is 2.15. The predicted octanol–water partition coefficient (Wildman–Crippen LogP) is 3.11. The average Bonchev–Trinajstić information content (AvgIpc) is 2.92. The lowest BCUT2D eigenvalue weighted by Gasteiger charge is -2.20. The van der Waals surface area contributed by atoms with E-state index in [4.69, 9.17) is 4.74 Å². The van der Waals surface area contributed by atoms with E-state index in [2.05, 4.69) is 15.4 Å². The molecule has 0 aliphatic carbocycles. The number of benzene rings is 1. The van der Waals surface area contributed by atoms with Crippen molar-refractivity contribution in [1.29, 1.82) is 0 Å². The third kappa shape index (κ3) is 3.69. The number of aromatic nitrogens is 3. The van der Waals surface area contributed by atoms with E-state index in [1.807, 2.05) is 6.92 Å². The average molecular weight is 314 g/mol. The van der Waals surface area contributed by atoms with Crippen molar-refractivity contribution < 1.29 is 17.9 Å². The molecule has 0 saturated heterocycles. The summed E-state index contributed by atoms with van der Waals surface area (Å²) in [5, 5.41) is 7.04. The van der Waals surface area contributed by atoms with Gasteiger partial charge in [-0.1, -0.05) is 0 Å². The van der Waals surface area contributed by atoms with Crippen molar-refractivity contribution in [2.45, 2.75) is 32.6 Å². The molecule has 0 radical (unpaired) electrons. The summed E-state index contributed by atoms with van der Waals surface area (Å²) < 4.78 is 45.6. The molecule has 2 aromatic rings. The van der Waals surface area contributed by atoms with Crippen LogP contribution in [0.15, 0.2) is 24.8 Å². The first-order valence-corrected chi connectivity index (χ1v) is 6.66. The number of rotatable bonds is 5. The van der Waals surface area contributed by atoms with E-state index < -0.39 is 11.7 Å². The summed E-state index contributed by atoms with van der Waals surface area (Å²) >= 11 is 0. The molecule has 120 valence electrons. The highest BCUT2D eigenvalue weighted by atomic mass is 19.4. The van der Waals surface area contributed by atoms with Crippen LogP contribution in [0.3, 0.4) is 0 Å². The van der Waals surface area contributed by atoms with Crippen molar-refractivity contribution in [3.8, 4) is 5.75 Å². The van der Waals surface area contributed by atoms with Gasteiger partial charge in [-0.25, -0.2) is 4.98 Å². The normalized spacial score (nSPS) is 13.0. The number of methoxy groups -OCH3 is 1. The van der Waals surface area contributed by atoms with Gasteiger partial charge < -0.3 is 10.1 Å². The molecule has 8 heteroatoms. The number of alkyl halides is 3. The highest BCUT2D eigenvalue weighted by Gasteiger charge is 2.35. The Morgan fingerprint density at radius 3 is 2.64 bits per heavy atom. The van der Waals surface area contributed by atoms with E-state index in [0.717, 1.165) is 6.07 Å². The van der Waals surface area contributed by atoms with Crippen molar-refractivity contribution >= 4 is 5.69 Å². The minimum atomic E-state index is -4.47. The summed E-state index contributed by atoms with van der Waals surface area (Å²) in [6.07, 6.45) is -1.50. The topological polar surface area (TPSA) is 52.0 Å². The lowest BCUT2D eigenvalue weighted by molar-refractivity contribution is -0.138. The number of nitrogens with zero attached hydrogens (tertiary/aromatic N) is 3. The van der Waals surface area contributed by atoms with Gasteiger partial charge in [0.05, 0.1) is 19.2 Å². The van der Waals surface area contributed by atoms with Crippen LogP contribution in [-0.4, -0.2) is 27.9 Å². The van der Waals surface area contributed by atoms with Crippen molar-refractivity contribution in [2.24, 2.45) is 0 Å². The third-order valence-electron chi connectivity index (χ3n) is 3.18. The smallest absolute Gasteiger partial charge is 0.420 e. The molecule has 1 heterocycles. The molecule has 0 fully saturated rings. The molecule has 1 N–H and O–H groups in total. The maximum Gasteiger partial charge on any atom is 0.420 e. The highest BCUT2D eigenvalue weighted by molar-refractivity contribution is 5.58. The summed E-state index contributed by atoms with van der Waals surface area (Å²) in [6, 6.07) is 2.34. The van der Waals surface area contributed by atoms with E-state index in [1.54, 1.807) is 17.9 Å². The molecule has 2 rings (SSSR count). The van der Waals surface area contributed by atoms with Gasteiger partial charge in [-0.3, -0.25) is 4.68 Å². The molecule has 0 spiro atoms. The SMILES string of the molecule is COc1cc(C)c(N[C@H](C)Cn2cncn2)cc1C(F)(F)F. The molecule has 1 aromatic carbocycles. The second-order valence-electron chi connectivity index (χ2n) is 5.03. The number of aryl methyl sites for hydroxylation is 1. The molecule has 5 nitrogen and oxygen atoms in total. The summed E-state index contributed by atoms with van der Waals surface area (Å²) in [4.78, 5) is 3.83. The molecule has 0 amide bonds. The van der Waals surface area contributed by atoms with Crippen LogP contribution in [0.5, 0.6) is 5.75 Å². The van der Waals surface area contributed by atoms with Gasteiger partial charge in [0.15, 0.2) is 0 Å². The van der Waals surface area contributed by atoms with Crippen molar-refractivity contribution in [3.05, 3.63) is 35.9 Å². The maximum absolute atomic E-state index is 13.1. The summed E-state index contributed by atoms with van der Waals surface area (Å²) in [7, 11) is 1.23. The largest absolute Gasteiger partial charge is 0.496 e. The van der Waals surface area contributed by atoms with E-state index in [1.165, 1.54) is 19.5 Å². The first-order valence-electron chi connectivity index (χ1n) is 6.66. The third-order valence-corrected chi connectivity index (χ3v) is 3.18. The molecule has 1 aromatic heterocycles. The Bertz CT molecular complexity index is 626. The fourth-order valence-electron chi connectivity index (χ4n) is 2.15. The monoisotopic (exact) mass is 314 g/mol. The van der Waals surface area contributed by atoms with Gasteiger partial charge in [0, 0.05) is 11.7 Å². The van der Waals surface area contributed by atoms with Gasteiger partial charge >= 0.3 is 6.18 Å². The summed E-state index contributed by atoms with van der Waals surface area (Å²) in [6.45, 7) is 4.08. The number of anilines is 1. The Morgan fingerprint density at radius 1 is 1.36 bits per heavy atom. The predicted molar refractivity (Wildman–Crippen MR) is 75.8 cm³/mol. The quantitative estimate of drug-likeness (QED) is 0.921.